The van der Waals surface area contributed by atoms with Gasteiger partial charge in [0.25, 0.3) is 8.32 Å². The lowest BCUT2D eigenvalue weighted by Gasteiger charge is -2.43. The normalized spacial score (nSPS) is 20.5. The van der Waals surface area contributed by atoms with Gasteiger partial charge in [-0.05, 0) is 34.2 Å². The number of rotatable bonds is 7. The summed E-state index contributed by atoms with van der Waals surface area (Å²) in [7, 11) is -2.52. The minimum absolute atomic E-state index is 0.00602. The molecule has 4 nitrogen and oxygen atoms in total. The summed E-state index contributed by atoms with van der Waals surface area (Å²) in [5.41, 5.74) is 2.05. The van der Waals surface area contributed by atoms with Crippen LogP contribution in [0.3, 0.4) is 0 Å². The first-order valence-electron chi connectivity index (χ1n) is 12.7. The van der Waals surface area contributed by atoms with Crippen LogP contribution in [0.4, 0.5) is 0 Å². The average Bonchev–Trinajstić information content (AvgIpc) is 3.52. The van der Waals surface area contributed by atoms with Crippen LogP contribution >= 0.6 is 22.6 Å². The van der Waals surface area contributed by atoms with Crippen molar-refractivity contribution < 1.29 is 4.43 Å². The monoisotopic (exact) mass is 607 g/mol. The topological polar surface area (TPSA) is 39.9 Å². The van der Waals surface area contributed by atoms with Crippen molar-refractivity contribution in [3.63, 3.8) is 0 Å². The van der Waals surface area contributed by atoms with Crippen molar-refractivity contribution in [2.24, 2.45) is 5.92 Å². The Balaban J connectivity index is 1.38. The average molecular weight is 608 g/mol. The lowest BCUT2D eigenvalue weighted by Crippen LogP contribution is -2.66. The summed E-state index contributed by atoms with van der Waals surface area (Å²) in [5.74, 6) is 0.489. The van der Waals surface area contributed by atoms with Crippen LogP contribution < -0.4 is 10.4 Å². The first-order chi connectivity index (χ1) is 17.4. The zero-order valence-corrected chi connectivity index (χ0v) is 24.4. The Morgan fingerprint density at radius 3 is 1.97 bits per heavy atom. The maximum absolute atomic E-state index is 7.25. The molecular formula is C30H34IN3OSi. The van der Waals surface area contributed by atoms with E-state index in [0.717, 1.165) is 30.7 Å². The lowest BCUT2D eigenvalue weighted by atomic mass is 10.1. The van der Waals surface area contributed by atoms with Crippen LogP contribution in [0.1, 0.15) is 39.7 Å². The molecule has 1 aliphatic carbocycles. The molecular weight excluding hydrogens is 573 g/mol. The molecule has 1 heterocycles. The highest BCUT2D eigenvalue weighted by molar-refractivity contribution is 14.1. The quantitative estimate of drug-likeness (QED) is 0.141. The highest BCUT2D eigenvalue weighted by atomic mass is 127. The molecule has 0 unspecified atom stereocenters. The van der Waals surface area contributed by atoms with E-state index in [1.165, 1.54) is 10.4 Å². The van der Waals surface area contributed by atoms with E-state index in [-0.39, 0.29) is 5.04 Å². The van der Waals surface area contributed by atoms with E-state index in [4.69, 9.17) is 4.43 Å². The van der Waals surface area contributed by atoms with Crippen LogP contribution in [0.15, 0.2) is 97.2 Å². The van der Waals surface area contributed by atoms with E-state index in [0.29, 0.717) is 15.9 Å². The fourth-order valence-corrected chi connectivity index (χ4v) is 11.6. The third-order valence-corrected chi connectivity index (χ3v) is 13.8. The molecule has 4 aromatic rings. The van der Waals surface area contributed by atoms with Gasteiger partial charge in [-0.2, -0.15) is 0 Å². The van der Waals surface area contributed by atoms with Gasteiger partial charge in [0.05, 0.1) is 12.2 Å². The molecule has 0 aliphatic heterocycles. The summed E-state index contributed by atoms with van der Waals surface area (Å²) < 4.78 is 9.83. The first kappa shape index (κ1) is 25.4. The van der Waals surface area contributed by atoms with E-state index in [1.807, 2.05) is 18.2 Å². The van der Waals surface area contributed by atoms with Gasteiger partial charge >= 0.3 is 0 Å². The van der Waals surface area contributed by atoms with Gasteiger partial charge in [-0.15, -0.1) is 5.10 Å². The molecule has 1 aromatic heterocycles. The smallest absolute Gasteiger partial charge is 0.261 e. The van der Waals surface area contributed by atoms with Crippen LogP contribution in [0.25, 0.3) is 11.3 Å². The number of hydrogen-bond donors (Lipinski definition) is 0. The van der Waals surface area contributed by atoms with E-state index in [1.54, 1.807) is 0 Å². The molecule has 6 heteroatoms. The largest absolute Gasteiger partial charge is 0.407 e. The van der Waals surface area contributed by atoms with Crippen LogP contribution in [0.5, 0.6) is 0 Å². The van der Waals surface area contributed by atoms with Crippen molar-refractivity contribution in [1.82, 2.24) is 15.0 Å². The van der Waals surface area contributed by atoms with Gasteiger partial charge in [-0.25, -0.2) is 4.68 Å². The van der Waals surface area contributed by atoms with Crippen molar-refractivity contribution in [3.05, 3.63) is 97.2 Å². The molecule has 0 N–H and O–H groups in total. The number of nitrogens with zero attached hydrogens (tertiary/aromatic N) is 3. The molecule has 0 spiro atoms. The van der Waals surface area contributed by atoms with Gasteiger partial charge in [0.15, 0.2) is 0 Å². The van der Waals surface area contributed by atoms with Crippen LogP contribution in [-0.4, -0.2) is 33.8 Å². The second-order valence-electron chi connectivity index (χ2n) is 10.8. The van der Waals surface area contributed by atoms with Crippen LogP contribution in [0, 0.1) is 5.92 Å². The predicted octanol–water partition coefficient (Wildman–Crippen LogP) is 6.28. The zero-order valence-electron chi connectivity index (χ0n) is 21.2. The molecule has 5 rings (SSSR count). The SMILES string of the molecule is CC(C)(C)[Si](OC[C@@H]1C[C@@H](I)[C@H](n2cc(-c3ccccc3)nn2)C1)(c1ccccc1)c1ccccc1. The number of aromatic nitrogens is 3. The Morgan fingerprint density at radius 1 is 0.861 bits per heavy atom. The third kappa shape index (κ3) is 4.95. The Kier molecular flexibility index (Phi) is 7.46. The minimum Gasteiger partial charge on any atom is -0.407 e. The Labute approximate surface area is 229 Å². The van der Waals surface area contributed by atoms with Gasteiger partial charge in [-0.3, -0.25) is 0 Å². The molecule has 3 aromatic carbocycles. The van der Waals surface area contributed by atoms with Crippen molar-refractivity contribution in [2.75, 3.05) is 6.61 Å². The Hall–Kier alpha value is -2.29. The molecule has 36 heavy (non-hydrogen) atoms. The number of halogens is 1. The molecule has 1 saturated carbocycles. The van der Waals surface area contributed by atoms with Gasteiger partial charge in [0.2, 0.25) is 0 Å². The Morgan fingerprint density at radius 2 is 1.42 bits per heavy atom. The molecule has 1 fully saturated rings. The summed E-state index contributed by atoms with van der Waals surface area (Å²) in [6, 6.07) is 32.5. The molecule has 3 atom stereocenters. The fraction of sp³-hybridized carbons (Fsp3) is 0.333. The van der Waals surface area contributed by atoms with Crippen LogP contribution in [-0.2, 0) is 4.43 Å². The van der Waals surface area contributed by atoms with Crippen molar-refractivity contribution in [3.8, 4) is 11.3 Å². The molecule has 186 valence electrons. The summed E-state index contributed by atoms with van der Waals surface area (Å²) in [6.45, 7) is 7.80. The maximum atomic E-state index is 7.25. The standard InChI is InChI=1S/C30H34IN3OSi/c1-30(2,3)36(25-15-9-5-10-16-25,26-17-11-6-12-18-26)35-22-23-19-27(31)29(20-23)34-21-28(32-33-34)24-13-7-4-8-14-24/h4-18,21,23,27,29H,19-20,22H2,1-3H3/t23-,27-,29-/m1/s1. The number of alkyl halides is 1. The molecule has 0 bridgehead atoms. The molecule has 0 saturated heterocycles. The van der Waals surface area contributed by atoms with Crippen molar-refractivity contribution >= 4 is 41.3 Å². The first-order valence-corrected chi connectivity index (χ1v) is 15.9. The summed E-state index contributed by atoms with van der Waals surface area (Å²) in [6.07, 6.45) is 4.30. The summed E-state index contributed by atoms with van der Waals surface area (Å²) in [4.78, 5) is 0. The highest BCUT2D eigenvalue weighted by Crippen LogP contribution is 2.42. The molecule has 0 radical (unpaired) electrons. The molecule has 0 amide bonds. The van der Waals surface area contributed by atoms with E-state index in [9.17, 15) is 0 Å². The lowest BCUT2D eigenvalue weighted by molar-refractivity contribution is 0.233. The predicted molar refractivity (Wildman–Crippen MR) is 159 cm³/mol. The van der Waals surface area contributed by atoms with Gasteiger partial charge in [-0.1, -0.05) is 140 Å². The second-order valence-corrected chi connectivity index (χ2v) is 16.8. The Bertz CT molecular complexity index is 1220. The van der Waals surface area contributed by atoms with Crippen LogP contribution in [0.2, 0.25) is 5.04 Å². The van der Waals surface area contributed by atoms with Gasteiger partial charge in [0.1, 0.15) is 5.69 Å². The second kappa shape index (κ2) is 10.6. The van der Waals surface area contributed by atoms with E-state index >= 15 is 0 Å². The van der Waals surface area contributed by atoms with Gasteiger partial charge in [0, 0.05) is 16.1 Å². The minimum atomic E-state index is -2.52. The van der Waals surface area contributed by atoms with E-state index < -0.39 is 8.32 Å². The number of hydrogen-bond acceptors (Lipinski definition) is 3. The maximum Gasteiger partial charge on any atom is 0.261 e. The molecule has 1 aliphatic rings. The summed E-state index contributed by atoms with van der Waals surface area (Å²) >= 11 is 2.60. The van der Waals surface area contributed by atoms with Gasteiger partial charge < -0.3 is 4.43 Å². The zero-order chi connectivity index (χ0) is 25.2. The van der Waals surface area contributed by atoms with E-state index in [2.05, 4.69) is 137 Å². The van der Waals surface area contributed by atoms with Crippen molar-refractivity contribution in [1.29, 1.82) is 0 Å². The summed E-state index contributed by atoms with van der Waals surface area (Å²) in [5, 5.41) is 11.7. The van der Waals surface area contributed by atoms with Crippen molar-refractivity contribution in [2.45, 2.75) is 48.6 Å². The number of benzene rings is 3. The fourth-order valence-electron chi connectivity index (χ4n) is 5.66. The third-order valence-electron chi connectivity index (χ3n) is 7.42. The highest BCUT2D eigenvalue weighted by Gasteiger charge is 2.50.